The van der Waals surface area contributed by atoms with E-state index in [2.05, 4.69) is 12.2 Å². The molecular weight excluding hydrogens is 288 g/mol. The van der Waals surface area contributed by atoms with E-state index >= 15 is 0 Å². The molecule has 3 N–H and O–H groups in total. The van der Waals surface area contributed by atoms with Crippen LogP contribution >= 0.6 is 12.4 Å². The minimum Gasteiger partial charge on any atom is -0.491 e. The number of hydrogen-bond donors (Lipinski definition) is 2. The van der Waals surface area contributed by atoms with Crippen molar-refractivity contribution in [3.8, 4) is 5.75 Å². The number of amides is 1. The molecule has 3 unspecified atom stereocenters. The van der Waals surface area contributed by atoms with Gasteiger partial charge < -0.3 is 15.8 Å². The van der Waals surface area contributed by atoms with Gasteiger partial charge in [0.2, 0.25) is 5.91 Å². The van der Waals surface area contributed by atoms with Gasteiger partial charge in [0.1, 0.15) is 5.75 Å². The van der Waals surface area contributed by atoms with E-state index in [1.807, 2.05) is 31.2 Å². The van der Waals surface area contributed by atoms with Gasteiger partial charge in [0.05, 0.1) is 6.10 Å². The van der Waals surface area contributed by atoms with E-state index in [9.17, 15) is 4.79 Å². The van der Waals surface area contributed by atoms with Gasteiger partial charge in [0, 0.05) is 17.6 Å². The Hall–Kier alpha value is -1.26. The lowest BCUT2D eigenvalue weighted by molar-refractivity contribution is -0.119. The summed E-state index contributed by atoms with van der Waals surface area (Å²) in [6.07, 6.45) is 3.80. The predicted octanol–water partition coefficient (Wildman–Crippen LogP) is 3.35. The molecule has 118 valence electrons. The third kappa shape index (κ3) is 5.21. The second-order valence-corrected chi connectivity index (χ2v) is 5.62. The van der Waals surface area contributed by atoms with E-state index in [0.717, 1.165) is 37.1 Å². The first-order valence-electron chi connectivity index (χ1n) is 7.41. The third-order valence-electron chi connectivity index (χ3n) is 3.88. The number of halogens is 1. The van der Waals surface area contributed by atoms with Crippen LogP contribution in [0.5, 0.6) is 5.75 Å². The topological polar surface area (TPSA) is 64.3 Å². The molecule has 0 aromatic heterocycles. The first-order chi connectivity index (χ1) is 9.58. The van der Waals surface area contributed by atoms with E-state index in [1.165, 1.54) is 0 Å². The molecule has 1 aromatic carbocycles. The largest absolute Gasteiger partial charge is 0.491 e. The van der Waals surface area contributed by atoms with Gasteiger partial charge in [-0.1, -0.05) is 6.92 Å². The first kappa shape index (κ1) is 17.8. The molecule has 1 saturated carbocycles. The van der Waals surface area contributed by atoms with Crippen LogP contribution in [-0.4, -0.2) is 18.1 Å². The Balaban J connectivity index is 0.00000220. The summed E-state index contributed by atoms with van der Waals surface area (Å²) in [7, 11) is 0. The minimum absolute atomic E-state index is 0. The van der Waals surface area contributed by atoms with Gasteiger partial charge >= 0.3 is 0 Å². The summed E-state index contributed by atoms with van der Waals surface area (Å²) in [6.45, 7) is 4.13. The summed E-state index contributed by atoms with van der Waals surface area (Å²) in [4.78, 5) is 12.1. The molecule has 2 rings (SSSR count). The smallest absolute Gasteiger partial charge is 0.227 e. The Kier molecular flexibility index (Phi) is 6.99. The lowest BCUT2D eigenvalue weighted by Crippen LogP contribution is -2.23. The van der Waals surface area contributed by atoms with Crippen LogP contribution in [0.25, 0.3) is 0 Å². The standard InChI is InChI=1S/C16H24N2O2.ClH/c1-3-11(2)20-15-8-6-14(7-9-15)18-16(19)12-4-5-13(17)10-12;/h6-9,11-13H,3-5,10,17H2,1-2H3,(H,18,19);1H. The van der Waals surface area contributed by atoms with Crippen molar-refractivity contribution in [3.63, 3.8) is 0 Å². The molecule has 4 nitrogen and oxygen atoms in total. The number of nitrogens with one attached hydrogen (secondary N) is 1. The summed E-state index contributed by atoms with van der Waals surface area (Å²) >= 11 is 0. The van der Waals surface area contributed by atoms with E-state index in [1.54, 1.807) is 0 Å². The van der Waals surface area contributed by atoms with Crippen LogP contribution in [0.2, 0.25) is 0 Å². The monoisotopic (exact) mass is 312 g/mol. The summed E-state index contributed by atoms with van der Waals surface area (Å²) in [5.41, 5.74) is 6.65. The molecule has 0 saturated heterocycles. The van der Waals surface area contributed by atoms with Crippen LogP contribution in [0.15, 0.2) is 24.3 Å². The number of hydrogen-bond acceptors (Lipinski definition) is 3. The average molecular weight is 313 g/mol. The van der Waals surface area contributed by atoms with Gasteiger partial charge in [0.15, 0.2) is 0 Å². The molecule has 1 aliphatic rings. The number of anilines is 1. The second-order valence-electron chi connectivity index (χ2n) is 5.62. The van der Waals surface area contributed by atoms with E-state index in [4.69, 9.17) is 10.5 Å². The molecule has 1 aliphatic carbocycles. The number of carbonyl (C=O) groups is 1. The fourth-order valence-electron chi connectivity index (χ4n) is 2.43. The first-order valence-corrected chi connectivity index (χ1v) is 7.41. The van der Waals surface area contributed by atoms with Crippen molar-refractivity contribution >= 4 is 24.0 Å². The van der Waals surface area contributed by atoms with Crippen molar-refractivity contribution in [2.75, 3.05) is 5.32 Å². The lowest BCUT2D eigenvalue weighted by Gasteiger charge is -2.14. The zero-order valence-electron chi connectivity index (χ0n) is 12.7. The van der Waals surface area contributed by atoms with Gasteiger partial charge in [-0.05, 0) is 56.9 Å². The zero-order valence-corrected chi connectivity index (χ0v) is 13.5. The predicted molar refractivity (Wildman–Crippen MR) is 88.0 cm³/mol. The van der Waals surface area contributed by atoms with E-state index in [-0.39, 0.29) is 36.4 Å². The SMILES string of the molecule is CCC(C)Oc1ccc(NC(=O)C2CCC(N)C2)cc1.Cl. The summed E-state index contributed by atoms with van der Waals surface area (Å²) in [6, 6.07) is 7.72. The average Bonchev–Trinajstić information content (AvgIpc) is 2.87. The fraction of sp³-hybridized carbons (Fsp3) is 0.562. The maximum absolute atomic E-state index is 12.1. The molecule has 0 aliphatic heterocycles. The van der Waals surface area contributed by atoms with Gasteiger partial charge in [-0.3, -0.25) is 4.79 Å². The van der Waals surface area contributed by atoms with Crippen LogP contribution in [0, 0.1) is 5.92 Å². The zero-order chi connectivity index (χ0) is 14.5. The summed E-state index contributed by atoms with van der Waals surface area (Å²) < 4.78 is 5.71. The molecule has 0 heterocycles. The normalized spacial score (nSPS) is 22.2. The Morgan fingerprint density at radius 3 is 2.57 bits per heavy atom. The highest BCUT2D eigenvalue weighted by Crippen LogP contribution is 2.26. The van der Waals surface area contributed by atoms with Crippen LogP contribution in [-0.2, 0) is 4.79 Å². The second kappa shape index (κ2) is 8.25. The minimum atomic E-state index is 0. The fourth-order valence-corrected chi connectivity index (χ4v) is 2.43. The number of ether oxygens (including phenoxy) is 1. The molecule has 5 heteroatoms. The molecule has 0 bridgehead atoms. The van der Waals surface area contributed by atoms with Crippen molar-refractivity contribution in [3.05, 3.63) is 24.3 Å². The Morgan fingerprint density at radius 2 is 2.05 bits per heavy atom. The summed E-state index contributed by atoms with van der Waals surface area (Å²) in [5, 5.41) is 2.95. The van der Waals surface area contributed by atoms with Crippen molar-refractivity contribution in [2.45, 2.75) is 51.7 Å². The third-order valence-corrected chi connectivity index (χ3v) is 3.88. The Morgan fingerprint density at radius 1 is 1.38 bits per heavy atom. The molecule has 0 radical (unpaired) electrons. The van der Waals surface area contributed by atoms with Gasteiger partial charge in [0.25, 0.3) is 0 Å². The van der Waals surface area contributed by atoms with E-state index < -0.39 is 0 Å². The highest BCUT2D eigenvalue weighted by Gasteiger charge is 2.27. The van der Waals surface area contributed by atoms with Gasteiger partial charge in [-0.15, -0.1) is 12.4 Å². The quantitative estimate of drug-likeness (QED) is 0.876. The highest BCUT2D eigenvalue weighted by molar-refractivity contribution is 5.92. The maximum atomic E-state index is 12.1. The number of nitrogens with two attached hydrogens (primary N) is 1. The van der Waals surface area contributed by atoms with Crippen molar-refractivity contribution in [2.24, 2.45) is 11.7 Å². The van der Waals surface area contributed by atoms with Gasteiger partial charge in [-0.25, -0.2) is 0 Å². The summed E-state index contributed by atoms with van der Waals surface area (Å²) in [5.74, 6) is 0.967. The Bertz CT molecular complexity index is 450. The van der Waals surface area contributed by atoms with Crippen LogP contribution in [0.4, 0.5) is 5.69 Å². The number of benzene rings is 1. The maximum Gasteiger partial charge on any atom is 0.227 e. The van der Waals surface area contributed by atoms with Crippen molar-refractivity contribution in [1.82, 2.24) is 0 Å². The van der Waals surface area contributed by atoms with Gasteiger partial charge in [-0.2, -0.15) is 0 Å². The van der Waals surface area contributed by atoms with Crippen LogP contribution in [0.3, 0.4) is 0 Å². The molecule has 21 heavy (non-hydrogen) atoms. The van der Waals surface area contributed by atoms with Crippen molar-refractivity contribution < 1.29 is 9.53 Å². The van der Waals surface area contributed by atoms with Crippen LogP contribution in [0.1, 0.15) is 39.5 Å². The number of rotatable bonds is 5. The molecule has 1 aromatic rings. The molecular formula is C16H25ClN2O2. The van der Waals surface area contributed by atoms with Crippen LogP contribution < -0.4 is 15.8 Å². The molecule has 0 spiro atoms. The highest BCUT2D eigenvalue weighted by atomic mass is 35.5. The molecule has 3 atom stereocenters. The Labute approximate surface area is 132 Å². The number of carbonyl (C=O) groups excluding carboxylic acids is 1. The van der Waals surface area contributed by atoms with E-state index in [0.29, 0.717) is 0 Å². The molecule has 1 amide bonds. The lowest BCUT2D eigenvalue weighted by atomic mass is 10.1. The molecule has 1 fully saturated rings. The van der Waals surface area contributed by atoms with Crippen molar-refractivity contribution in [1.29, 1.82) is 0 Å².